The Bertz CT molecular complexity index is 591. The first-order valence-electron chi connectivity index (χ1n) is 9.78. The Labute approximate surface area is 156 Å². The van der Waals surface area contributed by atoms with Crippen LogP contribution in [0.5, 0.6) is 0 Å². The fraction of sp³-hybridized carbons (Fsp3) is 0.667. The Morgan fingerprint density at radius 1 is 1.15 bits per heavy atom. The van der Waals surface area contributed by atoms with Crippen LogP contribution in [0.2, 0.25) is 0 Å². The van der Waals surface area contributed by atoms with Gasteiger partial charge in [0.2, 0.25) is 0 Å². The van der Waals surface area contributed by atoms with E-state index in [0.717, 1.165) is 25.1 Å². The van der Waals surface area contributed by atoms with Gasteiger partial charge in [0.25, 0.3) is 0 Å². The monoisotopic (exact) mass is 360 g/mol. The van der Waals surface area contributed by atoms with Gasteiger partial charge in [-0.25, -0.2) is 4.79 Å². The summed E-state index contributed by atoms with van der Waals surface area (Å²) in [5, 5.41) is 9.87. The van der Waals surface area contributed by atoms with Gasteiger partial charge in [0.05, 0.1) is 12.6 Å². The molecule has 2 saturated heterocycles. The zero-order valence-corrected chi connectivity index (χ0v) is 16.2. The SMILES string of the molecule is CC(C)(C)N1CCC(CCN2C(=O)OC(c3ccccc3)[C@H]2CO)CC1. The Morgan fingerprint density at radius 3 is 2.38 bits per heavy atom. The molecule has 3 rings (SSSR count). The first-order chi connectivity index (χ1) is 12.4. The summed E-state index contributed by atoms with van der Waals surface area (Å²) < 4.78 is 5.58. The van der Waals surface area contributed by atoms with Crippen molar-refractivity contribution in [3.05, 3.63) is 35.9 Å². The second kappa shape index (κ2) is 7.97. The molecule has 5 heteroatoms. The number of aliphatic hydroxyl groups is 1. The molecule has 1 amide bonds. The number of ether oxygens (including phenoxy) is 1. The largest absolute Gasteiger partial charge is 0.439 e. The fourth-order valence-electron chi connectivity index (χ4n) is 4.15. The van der Waals surface area contributed by atoms with Crippen LogP contribution >= 0.6 is 0 Å². The molecular weight excluding hydrogens is 328 g/mol. The number of aliphatic hydroxyl groups excluding tert-OH is 1. The number of hydrogen-bond donors (Lipinski definition) is 1. The third-order valence-corrected chi connectivity index (χ3v) is 5.87. The molecule has 0 aliphatic carbocycles. The van der Waals surface area contributed by atoms with Crippen molar-refractivity contribution in [3.63, 3.8) is 0 Å². The number of piperidine rings is 1. The predicted octanol–water partition coefficient (Wildman–Crippen LogP) is 3.44. The van der Waals surface area contributed by atoms with E-state index in [1.165, 1.54) is 12.8 Å². The maximum absolute atomic E-state index is 12.4. The fourth-order valence-corrected chi connectivity index (χ4v) is 4.15. The van der Waals surface area contributed by atoms with Crippen LogP contribution in [0.3, 0.4) is 0 Å². The van der Waals surface area contributed by atoms with Crippen molar-refractivity contribution in [1.29, 1.82) is 0 Å². The molecule has 0 radical (unpaired) electrons. The first kappa shape index (κ1) is 19.2. The zero-order valence-electron chi connectivity index (χ0n) is 16.2. The van der Waals surface area contributed by atoms with Gasteiger partial charge >= 0.3 is 6.09 Å². The van der Waals surface area contributed by atoms with E-state index in [-0.39, 0.29) is 30.4 Å². The molecule has 2 heterocycles. The first-order valence-corrected chi connectivity index (χ1v) is 9.78. The number of amides is 1. The summed E-state index contributed by atoms with van der Waals surface area (Å²) in [6, 6.07) is 9.42. The maximum Gasteiger partial charge on any atom is 0.410 e. The van der Waals surface area contributed by atoms with Gasteiger partial charge < -0.3 is 9.84 Å². The van der Waals surface area contributed by atoms with Gasteiger partial charge in [-0.2, -0.15) is 0 Å². The Kier molecular flexibility index (Phi) is 5.88. The lowest BCUT2D eigenvalue weighted by molar-refractivity contribution is 0.0802. The van der Waals surface area contributed by atoms with Crippen LogP contribution in [0.4, 0.5) is 4.79 Å². The molecule has 5 nitrogen and oxygen atoms in total. The maximum atomic E-state index is 12.4. The van der Waals surface area contributed by atoms with Crippen molar-refractivity contribution in [2.75, 3.05) is 26.2 Å². The van der Waals surface area contributed by atoms with Gasteiger partial charge in [0.15, 0.2) is 6.10 Å². The van der Waals surface area contributed by atoms with Crippen molar-refractivity contribution >= 4 is 6.09 Å². The van der Waals surface area contributed by atoms with E-state index in [9.17, 15) is 9.90 Å². The standard InChI is InChI=1S/C21H32N2O3/c1-21(2,3)22-12-9-16(10-13-22)11-14-23-18(15-24)19(26-20(23)25)17-7-5-4-6-8-17/h4-8,16,18-19,24H,9-15H2,1-3H3/t18-,19?/m1/s1. The smallest absolute Gasteiger partial charge is 0.410 e. The lowest BCUT2D eigenvalue weighted by Crippen LogP contribution is -2.46. The van der Waals surface area contributed by atoms with Crippen LogP contribution in [-0.4, -0.2) is 58.8 Å². The minimum absolute atomic E-state index is 0.0756. The number of likely N-dealkylation sites (tertiary alicyclic amines) is 1. The van der Waals surface area contributed by atoms with Gasteiger partial charge in [-0.05, 0) is 64.6 Å². The molecule has 0 spiro atoms. The molecule has 1 aromatic rings. The summed E-state index contributed by atoms with van der Waals surface area (Å²) in [5.74, 6) is 0.636. The summed E-state index contributed by atoms with van der Waals surface area (Å²) in [5.41, 5.74) is 1.18. The van der Waals surface area contributed by atoms with Crippen molar-refractivity contribution in [2.24, 2.45) is 5.92 Å². The molecule has 1 aromatic carbocycles. The van der Waals surface area contributed by atoms with Crippen molar-refractivity contribution < 1.29 is 14.6 Å². The number of nitrogens with zero attached hydrogens (tertiary/aromatic N) is 2. The molecule has 2 aliphatic heterocycles. The van der Waals surface area contributed by atoms with Crippen LogP contribution < -0.4 is 0 Å². The zero-order chi connectivity index (χ0) is 18.7. The van der Waals surface area contributed by atoms with E-state index in [1.54, 1.807) is 4.90 Å². The third kappa shape index (κ3) is 4.21. The summed E-state index contributed by atoms with van der Waals surface area (Å²) in [6.07, 6.45) is 2.64. The lowest BCUT2D eigenvalue weighted by Gasteiger charge is -2.41. The van der Waals surface area contributed by atoms with Crippen molar-refractivity contribution in [1.82, 2.24) is 9.80 Å². The second-order valence-corrected chi connectivity index (χ2v) is 8.55. The van der Waals surface area contributed by atoms with Crippen molar-refractivity contribution in [3.8, 4) is 0 Å². The molecule has 2 aliphatic rings. The average Bonchev–Trinajstić information content (AvgIpc) is 2.96. The van der Waals surface area contributed by atoms with E-state index in [1.807, 2.05) is 30.3 Å². The van der Waals surface area contributed by atoms with Gasteiger partial charge in [0.1, 0.15) is 0 Å². The molecule has 26 heavy (non-hydrogen) atoms. The summed E-state index contributed by atoms with van der Waals surface area (Å²) >= 11 is 0. The highest BCUT2D eigenvalue weighted by molar-refractivity contribution is 5.71. The summed E-state index contributed by atoms with van der Waals surface area (Å²) in [6.45, 7) is 9.63. The number of rotatable bonds is 5. The predicted molar refractivity (Wildman–Crippen MR) is 102 cm³/mol. The van der Waals surface area contributed by atoms with Gasteiger partial charge in [-0.1, -0.05) is 30.3 Å². The minimum atomic E-state index is -0.378. The average molecular weight is 360 g/mol. The molecule has 0 bridgehead atoms. The highest BCUT2D eigenvalue weighted by atomic mass is 16.6. The topological polar surface area (TPSA) is 53.0 Å². The molecule has 0 aromatic heterocycles. The number of cyclic esters (lactones) is 1. The highest BCUT2D eigenvalue weighted by Gasteiger charge is 2.42. The molecule has 1 unspecified atom stereocenters. The quantitative estimate of drug-likeness (QED) is 0.874. The van der Waals surface area contributed by atoms with Gasteiger partial charge in [-0.15, -0.1) is 0 Å². The molecule has 0 saturated carbocycles. The number of carbonyl (C=O) groups is 1. The molecule has 2 atom stereocenters. The summed E-state index contributed by atoms with van der Waals surface area (Å²) in [4.78, 5) is 16.6. The van der Waals surface area contributed by atoms with Crippen LogP contribution in [-0.2, 0) is 4.74 Å². The normalized spacial score (nSPS) is 25.5. The third-order valence-electron chi connectivity index (χ3n) is 5.87. The van der Waals surface area contributed by atoms with Crippen LogP contribution in [0.25, 0.3) is 0 Å². The van der Waals surface area contributed by atoms with E-state index < -0.39 is 0 Å². The van der Waals surface area contributed by atoms with Crippen molar-refractivity contribution in [2.45, 2.75) is 57.7 Å². The van der Waals surface area contributed by atoms with E-state index >= 15 is 0 Å². The summed E-state index contributed by atoms with van der Waals surface area (Å²) in [7, 11) is 0. The number of hydrogen-bond acceptors (Lipinski definition) is 4. The van der Waals surface area contributed by atoms with Crippen LogP contribution in [0.1, 0.15) is 51.7 Å². The number of benzene rings is 1. The van der Waals surface area contributed by atoms with Gasteiger partial charge in [0, 0.05) is 12.1 Å². The van der Waals surface area contributed by atoms with E-state index in [2.05, 4.69) is 25.7 Å². The molecule has 1 N–H and O–H groups in total. The van der Waals surface area contributed by atoms with E-state index in [0.29, 0.717) is 12.5 Å². The Hall–Kier alpha value is -1.59. The van der Waals surface area contributed by atoms with Gasteiger partial charge in [-0.3, -0.25) is 9.80 Å². The molecular formula is C21H32N2O3. The van der Waals surface area contributed by atoms with Crippen LogP contribution in [0.15, 0.2) is 30.3 Å². The molecule has 144 valence electrons. The highest BCUT2D eigenvalue weighted by Crippen LogP contribution is 2.33. The van der Waals surface area contributed by atoms with Crippen LogP contribution in [0, 0.1) is 5.92 Å². The minimum Gasteiger partial charge on any atom is -0.439 e. The Morgan fingerprint density at radius 2 is 1.81 bits per heavy atom. The number of carbonyl (C=O) groups excluding carboxylic acids is 1. The lowest BCUT2D eigenvalue weighted by atomic mass is 9.90. The molecule has 2 fully saturated rings. The Balaban J connectivity index is 1.55. The van der Waals surface area contributed by atoms with E-state index in [4.69, 9.17) is 4.74 Å². The second-order valence-electron chi connectivity index (χ2n) is 8.55.